The molecule has 1 aliphatic carbocycles. The molecule has 55 heavy (non-hydrogen) atoms. The number of morpholine rings is 1. The molecule has 11 nitrogen and oxygen atoms in total. The van der Waals surface area contributed by atoms with Crippen molar-refractivity contribution in [1.29, 1.82) is 0 Å². The second kappa shape index (κ2) is 18.4. The first-order valence-corrected chi connectivity index (χ1v) is 20.4. The highest BCUT2D eigenvalue weighted by molar-refractivity contribution is 6.00. The highest BCUT2D eigenvalue weighted by Gasteiger charge is 2.50. The van der Waals surface area contributed by atoms with E-state index in [4.69, 9.17) is 19.4 Å². The van der Waals surface area contributed by atoms with Gasteiger partial charge in [0.2, 0.25) is 0 Å². The van der Waals surface area contributed by atoms with E-state index in [0.717, 1.165) is 101 Å². The van der Waals surface area contributed by atoms with Crippen LogP contribution < -0.4 is 4.90 Å². The van der Waals surface area contributed by atoms with Crippen LogP contribution in [0.1, 0.15) is 94.3 Å². The monoisotopic (exact) mass is 773 g/mol. The predicted molar refractivity (Wildman–Crippen MR) is 203 cm³/mol. The number of likely N-dealkylation sites (tertiary alicyclic amines) is 2. The summed E-state index contributed by atoms with van der Waals surface area (Å²) in [4.78, 5) is 45.6. The molecule has 5 heterocycles. The quantitative estimate of drug-likeness (QED) is 0.285. The summed E-state index contributed by atoms with van der Waals surface area (Å²) in [5.41, 5.74) is 2.49. The SMILES string of the molecule is CCCCC1CN(CC2CCCCC2)C(=O)OC12CCN(C1CCN(C(=O)c3cc(-n4cccc4)ccc3N3CCOCC3)CC1)CC2.O=C(O)C(F)(F)F. The van der Waals surface area contributed by atoms with Crippen molar-refractivity contribution in [2.75, 3.05) is 70.5 Å². The minimum atomic E-state index is -5.08. The molecule has 0 bridgehead atoms. The zero-order valence-electron chi connectivity index (χ0n) is 32.2. The van der Waals surface area contributed by atoms with Crippen LogP contribution in [0.2, 0.25) is 0 Å². The number of anilines is 1. The van der Waals surface area contributed by atoms with Crippen LogP contribution in [-0.2, 0) is 14.3 Å². The average Bonchev–Trinajstić information content (AvgIpc) is 3.75. The number of carboxylic acid groups (broad SMARTS) is 1. The molecule has 1 spiro atoms. The highest BCUT2D eigenvalue weighted by Crippen LogP contribution is 2.42. The molecule has 1 N–H and O–H groups in total. The topological polar surface area (TPSA) is 108 Å². The van der Waals surface area contributed by atoms with E-state index in [1.165, 1.54) is 44.9 Å². The Morgan fingerprint density at radius 3 is 2.20 bits per heavy atom. The molecule has 304 valence electrons. The fourth-order valence-electron chi connectivity index (χ4n) is 9.29. The predicted octanol–water partition coefficient (Wildman–Crippen LogP) is 7.23. The van der Waals surface area contributed by atoms with Crippen LogP contribution >= 0.6 is 0 Å². The number of carboxylic acids is 1. The second-order valence-corrected chi connectivity index (χ2v) is 15.9. The fraction of sp³-hybridized carbons (Fsp3) is 0.683. The molecule has 1 unspecified atom stereocenters. The van der Waals surface area contributed by atoms with Crippen molar-refractivity contribution in [2.45, 2.75) is 102 Å². The van der Waals surface area contributed by atoms with Crippen molar-refractivity contribution in [2.24, 2.45) is 11.8 Å². The maximum Gasteiger partial charge on any atom is 0.490 e. The van der Waals surface area contributed by atoms with Crippen molar-refractivity contribution in [1.82, 2.24) is 19.3 Å². The van der Waals surface area contributed by atoms with E-state index in [1.54, 1.807) is 0 Å². The zero-order valence-corrected chi connectivity index (χ0v) is 32.2. The molecule has 7 rings (SSSR count). The normalized spacial score (nSPS) is 22.9. The summed E-state index contributed by atoms with van der Waals surface area (Å²) in [6.45, 7) is 10.5. The number of hydrogen-bond acceptors (Lipinski definition) is 7. The molecule has 1 saturated carbocycles. The zero-order chi connectivity index (χ0) is 39.0. The van der Waals surface area contributed by atoms with Crippen LogP contribution in [0.5, 0.6) is 0 Å². The van der Waals surface area contributed by atoms with E-state index in [-0.39, 0.29) is 17.6 Å². The minimum Gasteiger partial charge on any atom is -0.475 e. The van der Waals surface area contributed by atoms with Crippen LogP contribution in [0.3, 0.4) is 0 Å². The Morgan fingerprint density at radius 2 is 1.58 bits per heavy atom. The van der Waals surface area contributed by atoms with Crippen molar-refractivity contribution < 1.29 is 42.1 Å². The number of hydrogen-bond donors (Lipinski definition) is 1. The molecule has 1 aromatic carbocycles. The van der Waals surface area contributed by atoms with Gasteiger partial charge in [0, 0.05) is 101 Å². The summed E-state index contributed by atoms with van der Waals surface area (Å²) < 4.78 is 45.9. The van der Waals surface area contributed by atoms with Crippen molar-refractivity contribution >= 4 is 23.7 Å². The molecule has 5 aliphatic rings. The third kappa shape index (κ3) is 10.2. The van der Waals surface area contributed by atoms with Gasteiger partial charge in [-0.3, -0.25) is 9.69 Å². The number of unbranched alkanes of at least 4 members (excludes halogenated alkanes) is 1. The standard InChI is InChI=1S/C39H57N5O4.C2HF3O2/c1-2-3-11-32-30-44(29-31-9-5-4-6-10-31)38(46)48-39(32)16-22-41(23-17-39)33-14-20-43(21-15-33)37(45)35-28-34(40-18-7-8-19-40)12-13-36(35)42-24-26-47-27-25-42;3-2(4,5)1(6)7/h7-8,12-13,18-19,28,31-33H,2-6,9-11,14-17,20-27,29-30H2,1H3;(H,6,7). The molecular formula is C41H58F3N5O6. The molecule has 0 radical (unpaired) electrons. The van der Waals surface area contributed by atoms with Gasteiger partial charge < -0.3 is 33.8 Å². The van der Waals surface area contributed by atoms with Gasteiger partial charge in [0.05, 0.1) is 18.8 Å². The Balaban J connectivity index is 0.000000672. The van der Waals surface area contributed by atoms with Crippen LogP contribution in [-0.4, -0.2) is 126 Å². The van der Waals surface area contributed by atoms with Gasteiger partial charge >= 0.3 is 18.2 Å². The number of carbonyl (C=O) groups is 3. The summed E-state index contributed by atoms with van der Waals surface area (Å²) in [5.74, 6) is -1.57. The van der Waals surface area contributed by atoms with Gasteiger partial charge in [-0.2, -0.15) is 13.2 Å². The number of benzene rings is 1. The van der Waals surface area contributed by atoms with Crippen LogP contribution in [0.4, 0.5) is 23.7 Å². The first-order chi connectivity index (χ1) is 26.5. The average molecular weight is 774 g/mol. The second-order valence-electron chi connectivity index (χ2n) is 15.9. The summed E-state index contributed by atoms with van der Waals surface area (Å²) in [5, 5.41) is 7.12. The van der Waals surface area contributed by atoms with Crippen molar-refractivity contribution in [3.8, 4) is 5.69 Å². The van der Waals surface area contributed by atoms with E-state index in [1.807, 2.05) is 24.5 Å². The van der Waals surface area contributed by atoms with E-state index >= 15 is 0 Å². The van der Waals surface area contributed by atoms with E-state index in [0.29, 0.717) is 31.1 Å². The lowest BCUT2D eigenvalue weighted by Gasteiger charge is -2.52. The van der Waals surface area contributed by atoms with Crippen molar-refractivity contribution in [3.05, 3.63) is 48.3 Å². The summed E-state index contributed by atoms with van der Waals surface area (Å²) in [6, 6.07) is 10.8. The number of nitrogens with zero attached hydrogens (tertiary/aromatic N) is 5. The van der Waals surface area contributed by atoms with Gasteiger partial charge in [0.1, 0.15) is 5.60 Å². The molecule has 2 aromatic rings. The Morgan fingerprint density at radius 1 is 0.927 bits per heavy atom. The molecule has 5 fully saturated rings. The largest absolute Gasteiger partial charge is 0.490 e. The van der Waals surface area contributed by atoms with Crippen LogP contribution in [0, 0.1) is 11.8 Å². The van der Waals surface area contributed by atoms with Crippen LogP contribution in [0.25, 0.3) is 5.69 Å². The maximum absolute atomic E-state index is 14.2. The van der Waals surface area contributed by atoms with Gasteiger partial charge in [-0.25, -0.2) is 9.59 Å². The van der Waals surface area contributed by atoms with Gasteiger partial charge in [0.25, 0.3) is 5.91 Å². The fourth-order valence-corrected chi connectivity index (χ4v) is 9.29. The number of aromatic nitrogens is 1. The van der Waals surface area contributed by atoms with Crippen LogP contribution in [0.15, 0.2) is 42.7 Å². The lowest BCUT2D eigenvalue weighted by Crippen LogP contribution is -2.61. The number of alkyl halides is 3. The molecule has 14 heteroatoms. The summed E-state index contributed by atoms with van der Waals surface area (Å²) in [6.07, 6.45) is 12.7. The molecule has 1 aromatic heterocycles. The lowest BCUT2D eigenvalue weighted by molar-refractivity contribution is -0.192. The molecule has 4 saturated heterocycles. The first-order valence-electron chi connectivity index (χ1n) is 20.4. The molecule has 1 atom stereocenters. The molecular weight excluding hydrogens is 715 g/mol. The van der Waals surface area contributed by atoms with Gasteiger partial charge in [0.15, 0.2) is 0 Å². The number of amides is 2. The maximum atomic E-state index is 14.2. The smallest absolute Gasteiger partial charge is 0.475 e. The highest BCUT2D eigenvalue weighted by atomic mass is 19.4. The van der Waals surface area contributed by atoms with E-state index in [9.17, 15) is 22.8 Å². The summed E-state index contributed by atoms with van der Waals surface area (Å²) in [7, 11) is 0. The van der Waals surface area contributed by atoms with Crippen molar-refractivity contribution in [3.63, 3.8) is 0 Å². The Hall–Kier alpha value is -3.78. The Bertz CT molecular complexity index is 1560. The first kappa shape index (κ1) is 40.9. The number of rotatable bonds is 9. The number of halogens is 3. The minimum absolute atomic E-state index is 0.0640. The number of carbonyl (C=O) groups excluding carboxylic acids is 2. The molecule has 2 amide bonds. The number of aliphatic carboxylic acids is 1. The third-order valence-electron chi connectivity index (χ3n) is 12.5. The van der Waals surface area contributed by atoms with E-state index < -0.39 is 12.1 Å². The lowest BCUT2D eigenvalue weighted by atomic mass is 9.75. The van der Waals surface area contributed by atoms with Gasteiger partial charge in [-0.05, 0) is 68.4 Å². The van der Waals surface area contributed by atoms with Gasteiger partial charge in [-0.15, -0.1) is 0 Å². The van der Waals surface area contributed by atoms with E-state index in [2.05, 4.69) is 49.3 Å². The number of piperidine rings is 2. The summed E-state index contributed by atoms with van der Waals surface area (Å²) >= 11 is 0. The third-order valence-corrected chi connectivity index (χ3v) is 12.5. The number of ether oxygens (including phenoxy) is 2. The van der Waals surface area contributed by atoms with Gasteiger partial charge in [-0.1, -0.05) is 39.0 Å². The Labute approximate surface area is 322 Å². The molecule has 4 aliphatic heterocycles. The Kier molecular flexibility index (Phi) is 13.7.